The summed E-state index contributed by atoms with van der Waals surface area (Å²) in [5.41, 5.74) is 30.5. The predicted molar refractivity (Wildman–Crippen MR) is 413 cm³/mol. The molecule has 0 N–H and O–H groups in total. The van der Waals surface area contributed by atoms with Crippen LogP contribution in [0.1, 0.15) is 72.2 Å². The molecule has 0 saturated heterocycles. The molecule has 0 spiro atoms. The molecule has 0 heterocycles. The van der Waals surface area contributed by atoms with E-state index in [0.717, 1.165) is 106 Å². The van der Waals surface area contributed by atoms with Crippen LogP contribution in [0.15, 0.2) is 303 Å². The van der Waals surface area contributed by atoms with E-state index in [2.05, 4.69) is 328 Å². The Kier molecular flexibility index (Phi) is 14.8. The zero-order chi connectivity index (χ0) is 66.8. The van der Waals surface area contributed by atoms with E-state index in [0.29, 0.717) is 22.3 Å². The maximum absolute atomic E-state index is 6.46. The van der Waals surface area contributed by atoms with Gasteiger partial charge in [0.25, 0.3) is 0 Å². The lowest BCUT2D eigenvalue weighted by Crippen LogP contribution is -2.18. The fourth-order valence-electron chi connectivity index (χ4n) is 15.5. The summed E-state index contributed by atoms with van der Waals surface area (Å²) in [6, 6.07) is 110. The largest absolute Gasteiger partial charge is 0.310 e. The zero-order valence-corrected chi connectivity index (χ0v) is 55.1. The van der Waals surface area contributed by atoms with Crippen molar-refractivity contribution in [1.82, 2.24) is 0 Å². The van der Waals surface area contributed by atoms with Gasteiger partial charge >= 0.3 is 0 Å². The van der Waals surface area contributed by atoms with Gasteiger partial charge in [-0.2, -0.15) is 0 Å². The van der Waals surface area contributed by atoms with Gasteiger partial charge in [-0.3, -0.25) is 0 Å². The van der Waals surface area contributed by atoms with Gasteiger partial charge in [-0.15, -0.1) is 25.7 Å². The van der Waals surface area contributed by atoms with Crippen molar-refractivity contribution in [2.75, 3.05) is 9.80 Å². The molecule has 0 saturated carbocycles. The first-order valence-electron chi connectivity index (χ1n) is 33.3. The summed E-state index contributed by atoms with van der Waals surface area (Å²) in [4.78, 5) is 4.85. The third-order valence-corrected chi connectivity index (χ3v) is 20.3. The Morgan fingerprint density at radius 2 is 0.673 bits per heavy atom. The molecule has 2 aliphatic rings. The summed E-state index contributed by atoms with van der Waals surface area (Å²) in [5.74, 6) is 11.6. The fourth-order valence-corrected chi connectivity index (χ4v) is 15.5. The number of benzene rings is 14. The third-order valence-electron chi connectivity index (χ3n) is 20.3. The summed E-state index contributed by atoms with van der Waals surface area (Å²) in [7, 11) is 0. The zero-order valence-electron chi connectivity index (χ0n) is 55.1. The van der Waals surface area contributed by atoms with Crippen LogP contribution in [0.5, 0.6) is 0 Å². The normalized spacial score (nSPS) is 12.6. The Morgan fingerprint density at radius 3 is 1.21 bits per heavy atom. The minimum Gasteiger partial charge on any atom is -0.310 e. The summed E-state index contributed by atoms with van der Waals surface area (Å²) in [5, 5.41) is 2.33. The summed E-state index contributed by atoms with van der Waals surface area (Å²) in [6.07, 6.45) is 25.2. The van der Waals surface area contributed by atoms with Crippen molar-refractivity contribution >= 4 is 44.9 Å². The van der Waals surface area contributed by atoms with Crippen LogP contribution < -0.4 is 9.80 Å². The highest BCUT2D eigenvalue weighted by Crippen LogP contribution is 2.60. The second-order valence-electron chi connectivity index (χ2n) is 26.6. The molecule has 2 nitrogen and oxygen atoms in total. The van der Waals surface area contributed by atoms with E-state index in [1.54, 1.807) is 0 Å². The molecular formula is C96H66N2. The monoisotopic (exact) mass is 1250 g/mol. The van der Waals surface area contributed by atoms with Gasteiger partial charge in [0, 0.05) is 66.9 Å². The number of rotatable bonds is 12. The fraction of sp³-hybridized carbons (Fsp3) is 0.0625. The molecule has 0 fully saturated rings. The molecule has 2 aliphatic carbocycles. The smallest absolute Gasteiger partial charge is 0.0543 e. The lowest BCUT2D eigenvalue weighted by molar-refractivity contribution is 0.652. The first-order chi connectivity index (χ1) is 47.9. The van der Waals surface area contributed by atoms with Gasteiger partial charge in [-0.1, -0.05) is 233 Å². The number of fused-ring (bicyclic) bond motifs is 8. The quantitative estimate of drug-likeness (QED) is 0.113. The molecule has 0 amide bonds. The van der Waals surface area contributed by atoms with E-state index >= 15 is 0 Å². The molecule has 0 atom stereocenters. The summed E-state index contributed by atoms with van der Waals surface area (Å²) >= 11 is 0. The van der Waals surface area contributed by atoms with Crippen LogP contribution in [0.4, 0.5) is 34.1 Å². The van der Waals surface area contributed by atoms with E-state index in [-0.39, 0.29) is 5.41 Å². The lowest BCUT2D eigenvalue weighted by atomic mass is 9.79. The standard InChI is InChI=1S/C96H66N2/c1-9-63-36-30-46-80(78(63)11-3)82-50-48-67(58-86(82)81-47-31-37-64(10-2)79(81)12-4)71-55-72(70-53-68(65-32-18-13-19-33-65)52-69(54-70)66-34-20-14-21-35-66)57-77(56-71)98(75-42-26-17-27-43-75)93-62-92-94(85-45-29-28-44-84(85)93)88-61-90-87(60-91(88)96(92,7)8)83-51-49-76(59-89(83)95(90,5)6)97(73-38-22-15-23-39-73)74-40-24-16-25-41-74/h1-4,13-62H,5-8H3. The van der Waals surface area contributed by atoms with Gasteiger partial charge in [-0.05, 0) is 238 Å². The average Bonchev–Trinajstić information content (AvgIpc) is 1.52. The van der Waals surface area contributed by atoms with Crippen LogP contribution in [0.25, 0.3) is 99.8 Å². The molecule has 0 aromatic heterocycles. The second-order valence-corrected chi connectivity index (χ2v) is 26.6. The topological polar surface area (TPSA) is 6.48 Å². The number of hydrogen-bond donors (Lipinski definition) is 0. The summed E-state index contributed by atoms with van der Waals surface area (Å²) in [6.45, 7) is 9.64. The highest BCUT2D eigenvalue weighted by Gasteiger charge is 2.43. The molecule has 14 aromatic carbocycles. The summed E-state index contributed by atoms with van der Waals surface area (Å²) < 4.78 is 0. The van der Waals surface area contributed by atoms with E-state index in [4.69, 9.17) is 25.7 Å². The number of para-hydroxylation sites is 3. The molecular weight excluding hydrogens is 1180 g/mol. The van der Waals surface area contributed by atoms with E-state index in [1.807, 2.05) is 36.4 Å². The van der Waals surface area contributed by atoms with Gasteiger partial charge in [-0.25, -0.2) is 0 Å². The Hall–Kier alpha value is -12.8. The minimum absolute atomic E-state index is 0.305. The van der Waals surface area contributed by atoms with E-state index < -0.39 is 5.41 Å². The number of nitrogens with zero attached hydrogens (tertiary/aromatic N) is 2. The van der Waals surface area contributed by atoms with Crippen molar-refractivity contribution in [3.63, 3.8) is 0 Å². The predicted octanol–water partition coefficient (Wildman–Crippen LogP) is 24.3. The SMILES string of the molecule is C#Cc1cccc(-c2ccc(-c3cc(-c4cc(-c5ccccc5)cc(-c5ccccc5)c4)cc(N(c4ccccc4)c4cc5c(c6ccccc46)-c4cc6c(cc4C5(C)C)-c4ccc(N(c5ccccc5)c5ccccc5)cc4C6(C)C)c3)cc2-c2cccc(C#C)c2C#C)c1C#C. The van der Waals surface area contributed by atoms with E-state index in [9.17, 15) is 0 Å². The van der Waals surface area contributed by atoms with Crippen molar-refractivity contribution < 1.29 is 0 Å². The van der Waals surface area contributed by atoms with Crippen LogP contribution >= 0.6 is 0 Å². The Balaban J connectivity index is 0.916. The maximum Gasteiger partial charge on any atom is 0.0543 e. The first-order valence-corrected chi connectivity index (χ1v) is 33.3. The van der Waals surface area contributed by atoms with Crippen molar-refractivity contribution in [1.29, 1.82) is 0 Å². The molecule has 16 rings (SSSR count). The molecule has 0 radical (unpaired) electrons. The Labute approximate surface area is 575 Å². The van der Waals surface area contributed by atoms with E-state index in [1.165, 1.54) is 49.9 Å². The van der Waals surface area contributed by atoms with Gasteiger partial charge in [0.1, 0.15) is 0 Å². The third kappa shape index (κ3) is 10.1. The maximum atomic E-state index is 6.46. The number of hydrogen-bond acceptors (Lipinski definition) is 2. The van der Waals surface area contributed by atoms with Crippen molar-refractivity contribution in [2.24, 2.45) is 0 Å². The molecule has 0 unspecified atom stereocenters. The van der Waals surface area contributed by atoms with Crippen LogP contribution in [-0.4, -0.2) is 0 Å². The van der Waals surface area contributed by atoms with Crippen molar-refractivity contribution in [2.45, 2.75) is 38.5 Å². The van der Waals surface area contributed by atoms with Gasteiger partial charge in [0.15, 0.2) is 0 Å². The van der Waals surface area contributed by atoms with Crippen molar-refractivity contribution in [3.8, 4) is 138 Å². The Bertz CT molecular complexity index is 5610. The van der Waals surface area contributed by atoms with Gasteiger partial charge in [0.05, 0.1) is 5.69 Å². The molecule has 98 heavy (non-hydrogen) atoms. The van der Waals surface area contributed by atoms with Gasteiger partial charge in [0.2, 0.25) is 0 Å². The van der Waals surface area contributed by atoms with Crippen LogP contribution in [0.2, 0.25) is 0 Å². The number of terminal acetylenes is 4. The highest BCUT2D eigenvalue weighted by atomic mass is 15.1. The van der Waals surface area contributed by atoms with Crippen LogP contribution in [0, 0.1) is 49.4 Å². The number of anilines is 6. The van der Waals surface area contributed by atoms with Crippen molar-refractivity contribution in [3.05, 3.63) is 348 Å². The Morgan fingerprint density at radius 1 is 0.245 bits per heavy atom. The molecule has 14 aromatic rings. The lowest BCUT2D eigenvalue weighted by Gasteiger charge is -2.30. The molecule has 0 aliphatic heterocycles. The molecule has 0 bridgehead atoms. The minimum atomic E-state index is -0.408. The first kappa shape index (κ1) is 60.1. The van der Waals surface area contributed by atoms with Gasteiger partial charge < -0.3 is 9.80 Å². The van der Waals surface area contributed by atoms with Crippen LogP contribution in [0.3, 0.4) is 0 Å². The average molecular weight is 1250 g/mol. The molecule has 2 heteroatoms. The van der Waals surface area contributed by atoms with Crippen LogP contribution in [-0.2, 0) is 10.8 Å². The highest BCUT2D eigenvalue weighted by molar-refractivity contribution is 6.11. The second kappa shape index (κ2) is 24.2. The molecule has 460 valence electrons.